The highest BCUT2D eigenvalue weighted by atomic mass is 16.5. The van der Waals surface area contributed by atoms with Crippen LogP contribution >= 0.6 is 0 Å². The molecule has 1 aliphatic heterocycles. The summed E-state index contributed by atoms with van der Waals surface area (Å²) in [5.41, 5.74) is 0. The lowest BCUT2D eigenvalue weighted by molar-refractivity contribution is -0.135. The number of amides is 2. The molecule has 0 aliphatic carbocycles. The number of carbonyl (C=O) groups excluding carboxylic acids is 2. The Bertz CT molecular complexity index is 227. The summed E-state index contributed by atoms with van der Waals surface area (Å²) in [6.07, 6.45) is 1.59. The van der Waals surface area contributed by atoms with Gasteiger partial charge in [0.05, 0.1) is 19.8 Å². The van der Waals surface area contributed by atoms with Crippen molar-refractivity contribution in [3.63, 3.8) is 0 Å². The van der Waals surface area contributed by atoms with Crippen LogP contribution in [0.2, 0.25) is 0 Å². The number of piperazine rings is 1. The highest BCUT2D eigenvalue weighted by molar-refractivity contribution is 5.94. The zero-order valence-electron chi connectivity index (χ0n) is 7.21. The monoisotopic (exact) mass is 184 g/mol. The molecule has 1 rings (SSSR count). The van der Waals surface area contributed by atoms with Gasteiger partial charge < -0.3 is 15.4 Å². The second kappa shape index (κ2) is 4.61. The van der Waals surface area contributed by atoms with E-state index < -0.39 is 6.04 Å². The summed E-state index contributed by atoms with van der Waals surface area (Å²) in [6, 6.07) is -0.568. The van der Waals surface area contributed by atoms with Crippen molar-refractivity contribution in [3.05, 3.63) is 12.7 Å². The predicted molar refractivity (Wildman–Crippen MR) is 46.0 cm³/mol. The average Bonchev–Trinajstić information content (AvgIpc) is 2.11. The van der Waals surface area contributed by atoms with Gasteiger partial charge in [0.15, 0.2) is 0 Å². The number of hydrogen-bond donors (Lipinski definition) is 2. The normalized spacial score (nSPS) is 22.0. The lowest BCUT2D eigenvalue weighted by Crippen LogP contribution is -2.57. The molecule has 1 atom stereocenters. The van der Waals surface area contributed by atoms with Crippen molar-refractivity contribution in [2.45, 2.75) is 6.04 Å². The first kappa shape index (κ1) is 9.73. The van der Waals surface area contributed by atoms with E-state index >= 15 is 0 Å². The van der Waals surface area contributed by atoms with E-state index in [0.29, 0.717) is 6.61 Å². The zero-order chi connectivity index (χ0) is 9.68. The summed E-state index contributed by atoms with van der Waals surface area (Å²) in [7, 11) is 0. The van der Waals surface area contributed by atoms with E-state index in [9.17, 15) is 9.59 Å². The largest absolute Gasteiger partial charge is 0.375 e. The van der Waals surface area contributed by atoms with Crippen LogP contribution < -0.4 is 10.6 Å². The van der Waals surface area contributed by atoms with Gasteiger partial charge >= 0.3 is 0 Å². The lowest BCUT2D eigenvalue weighted by atomic mass is 10.2. The Labute approximate surface area is 76.1 Å². The third-order valence-electron chi connectivity index (χ3n) is 1.60. The molecule has 5 nitrogen and oxygen atoms in total. The topological polar surface area (TPSA) is 67.4 Å². The average molecular weight is 184 g/mol. The molecular weight excluding hydrogens is 172 g/mol. The second-order valence-corrected chi connectivity index (χ2v) is 2.66. The lowest BCUT2D eigenvalue weighted by Gasteiger charge is -2.22. The minimum atomic E-state index is -0.568. The number of rotatable bonds is 4. The van der Waals surface area contributed by atoms with Crippen LogP contribution in [0.25, 0.3) is 0 Å². The third-order valence-corrected chi connectivity index (χ3v) is 1.60. The fraction of sp³-hybridized carbons (Fsp3) is 0.500. The molecule has 2 N–H and O–H groups in total. The van der Waals surface area contributed by atoms with Crippen molar-refractivity contribution in [1.82, 2.24) is 10.6 Å². The molecule has 5 heteroatoms. The fourth-order valence-corrected chi connectivity index (χ4v) is 0.988. The van der Waals surface area contributed by atoms with E-state index in [4.69, 9.17) is 4.74 Å². The maximum absolute atomic E-state index is 11.1. The fourth-order valence-electron chi connectivity index (χ4n) is 0.988. The van der Waals surface area contributed by atoms with Gasteiger partial charge in [0.25, 0.3) is 0 Å². The van der Waals surface area contributed by atoms with Crippen molar-refractivity contribution in [2.75, 3.05) is 19.8 Å². The Kier molecular flexibility index (Phi) is 3.45. The molecule has 0 aromatic rings. The molecule has 13 heavy (non-hydrogen) atoms. The molecule has 1 fully saturated rings. The quantitative estimate of drug-likeness (QED) is 0.426. The van der Waals surface area contributed by atoms with Gasteiger partial charge in [-0.15, -0.1) is 6.58 Å². The molecule has 0 saturated carbocycles. The molecule has 2 amide bonds. The number of nitrogens with one attached hydrogen (secondary N) is 2. The van der Waals surface area contributed by atoms with Crippen LogP contribution in [-0.4, -0.2) is 37.6 Å². The van der Waals surface area contributed by atoms with Gasteiger partial charge in [-0.3, -0.25) is 9.59 Å². The Morgan fingerprint density at radius 1 is 1.62 bits per heavy atom. The van der Waals surface area contributed by atoms with Gasteiger partial charge in [0.2, 0.25) is 11.8 Å². The molecular formula is C8H12N2O3. The highest BCUT2D eigenvalue weighted by Gasteiger charge is 2.25. The smallest absolute Gasteiger partial charge is 0.245 e. The first-order chi connectivity index (χ1) is 6.24. The number of hydrogen-bond acceptors (Lipinski definition) is 3. The molecule has 72 valence electrons. The van der Waals surface area contributed by atoms with Crippen LogP contribution in [0, 0.1) is 0 Å². The van der Waals surface area contributed by atoms with Crippen LogP contribution in [0.1, 0.15) is 0 Å². The summed E-state index contributed by atoms with van der Waals surface area (Å²) >= 11 is 0. The molecule has 1 unspecified atom stereocenters. The van der Waals surface area contributed by atoms with Crippen LogP contribution in [0.3, 0.4) is 0 Å². The maximum Gasteiger partial charge on any atom is 0.245 e. The Hall–Kier alpha value is -1.36. The minimum Gasteiger partial charge on any atom is -0.375 e. The second-order valence-electron chi connectivity index (χ2n) is 2.66. The minimum absolute atomic E-state index is 0.0524. The van der Waals surface area contributed by atoms with Gasteiger partial charge in [-0.2, -0.15) is 0 Å². The maximum atomic E-state index is 11.1. The van der Waals surface area contributed by atoms with Crippen LogP contribution in [-0.2, 0) is 14.3 Å². The zero-order valence-corrected chi connectivity index (χ0v) is 7.21. The summed E-state index contributed by atoms with van der Waals surface area (Å²) < 4.78 is 5.05. The van der Waals surface area contributed by atoms with Gasteiger partial charge in [-0.1, -0.05) is 6.08 Å². The standard InChI is InChI=1S/C8H12N2O3/c1-2-3-13-5-6-8(12)9-4-7(11)10-6/h2,6H,1,3-5H2,(H,9,12)(H,10,11). The van der Waals surface area contributed by atoms with Gasteiger partial charge in [-0.05, 0) is 0 Å². The molecule has 0 bridgehead atoms. The van der Waals surface area contributed by atoms with E-state index in [0.717, 1.165) is 0 Å². The van der Waals surface area contributed by atoms with Crippen LogP contribution in [0.4, 0.5) is 0 Å². The first-order valence-corrected chi connectivity index (χ1v) is 3.99. The van der Waals surface area contributed by atoms with E-state index in [2.05, 4.69) is 17.2 Å². The van der Waals surface area contributed by atoms with Crippen molar-refractivity contribution in [1.29, 1.82) is 0 Å². The Morgan fingerprint density at radius 3 is 3.08 bits per heavy atom. The van der Waals surface area contributed by atoms with Crippen molar-refractivity contribution < 1.29 is 14.3 Å². The molecule has 0 aromatic heterocycles. The van der Waals surface area contributed by atoms with E-state index in [1.807, 2.05) is 0 Å². The Morgan fingerprint density at radius 2 is 2.38 bits per heavy atom. The van der Waals surface area contributed by atoms with Crippen molar-refractivity contribution >= 4 is 11.8 Å². The molecule has 1 heterocycles. The summed E-state index contributed by atoms with van der Waals surface area (Å²) in [6.45, 7) is 4.08. The van der Waals surface area contributed by atoms with Crippen molar-refractivity contribution in [2.24, 2.45) is 0 Å². The van der Waals surface area contributed by atoms with Crippen LogP contribution in [0.5, 0.6) is 0 Å². The predicted octanol–water partition coefficient (Wildman–Crippen LogP) is -1.20. The van der Waals surface area contributed by atoms with Gasteiger partial charge in [0, 0.05) is 0 Å². The molecule has 0 aromatic carbocycles. The SMILES string of the molecule is C=CCOCC1NC(=O)CNC1=O. The summed E-state index contributed by atoms with van der Waals surface area (Å²) in [4.78, 5) is 22.0. The summed E-state index contributed by atoms with van der Waals surface area (Å²) in [5, 5.41) is 4.97. The molecule has 0 spiro atoms. The summed E-state index contributed by atoms with van der Waals surface area (Å²) in [5.74, 6) is -0.393. The van der Waals surface area contributed by atoms with Gasteiger partial charge in [0.1, 0.15) is 6.04 Å². The van der Waals surface area contributed by atoms with E-state index in [-0.39, 0.29) is 25.0 Å². The Balaban J connectivity index is 2.33. The number of carbonyl (C=O) groups is 2. The first-order valence-electron chi connectivity index (χ1n) is 3.99. The third kappa shape index (κ3) is 2.87. The van der Waals surface area contributed by atoms with E-state index in [1.54, 1.807) is 6.08 Å². The van der Waals surface area contributed by atoms with Gasteiger partial charge in [-0.25, -0.2) is 0 Å². The van der Waals surface area contributed by atoms with Crippen molar-refractivity contribution in [3.8, 4) is 0 Å². The molecule has 1 saturated heterocycles. The highest BCUT2D eigenvalue weighted by Crippen LogP contribution is 1.91. The number of ether oxygens (including phenoxy) is 1. The van der Waals surface area contributed by atoms with E-state index in [1.165, 1.54) is 0 Å². The molecule has 0 radical (unpaired) electrons. The van der Waals surface area contributed by atoms with Crippen LogP contribution in [0.15, 0.2) is 12.7 Å². The molecule has 1 aliphatic rings.